The van der Waals surface area contributed by atoms with Crippen LogP contribution in [0.15, 0.2) is 0 Å². The normalized spacial score (nSPS) is 11.8. The van der Waals surface area contributed by atoms with Gasteiger partial charge in [-0.3, -0.25) is 0 Å². The van der Waals surface area contributed by atoms with E-state index in [9.17, 15) is 0 Å². The van der Waals surface area contributed by atoms with Gasteiger partial charge in [0, 0.05) is 4.75 Å². The van der Waals surface area contributed by atoms with Gasteiger partial charge in [0.05, 0.1) is 15.0 Å². The number of nitrogens with two attached hydrogens (primary N) is 1. The molecule has 90 valence electrons. The van der Waals surface area contributed by atoms with Crippen molar-refractivity contribution < 1.29 is 0 Å². The van der Waals surface area contributed by atoms with E-state index in [0.29, 0.717) is 5.82 Å². The van der Waals surface area contributed by atoms with E-state index in [0.717, 1.165) is 27.3 Å². The quantitative estimate of drug-likeness (QED) is 0.850. The van der Waals surface area contributed by atoms with E-state index >= 15 is 0 Å². The highest BCUT2D eigenvalue weighted by Crippen LogP contribution is 2.27. The molecule has 0 fully saturated rings. The summed E-state index contributed by atoms with van der Waals surface area (Å²) in [6.45, 7) is 8.65. The first-order valence-corrected chi connectivity index (χ1v) is 7.34. The summed E-state index contributed by atoms with van der Waals surface area (Å²) >= 11 is 4.05. The van der Waals surface area contributed by atoms with Crippen molar-refractivity contribution in [3.8, 4) is 0 Å². The third kappa shape index (κ3) is 4.08. The van der Waals surface area contributed by atoms with Gasteiger partial charge in [-0.15, -0.1) is 11.8 Å². The standard InChI is InChI=1S/C11H18IN3S/c1-5-7-9(12)10(13)15-8(14-7)6-16-11(2,3)4/h5-6H2,1-4H3,(H2,13,14,15). The Morgan fingerprint density at radius 2 is 1.94 bits per heavy atom. The van der Waals surface area contributed by atoms with Crippen molar-refractivity contribution in [2.75, 3.05) is 5.73 Å². The molecule has 0 aliphatic rings. The molecule has 5 heteroatoms. The molecule has 1 aromatic heterocycles. The summed E-state index contributed by atoms with van der Waals surface area (Å²) in [4.78, 5) is 8.86. The first kappa shape index (κ1) is 14.0. The second-order valence-corrected chi connectivity index (χ2v) is 7.42. The summed E-state index contributed by atoms with van der Waals surface area (Å²) in [5, 5.41) is 0. The van der Waals surface area contributed by atoms with Gasteiger partial charge in [0.1, 0.15) is 11.6 Å². The molecule has 0 aromatic carbocycles. The predicted octanol–water partition coefficient (Wildman–Crippen LogP) is 3.26. The lowest BCUT2D eigenvalue weighted by Crippen LogP contribution is -2.11. The Morgan fingerprint density at radius 1 is 1.31 bits per heavy atom. The van der Waals surface area contributed by atoms with Crippen LogP contribution in [-0.4, -0.2) is 14.7 Å². The van der Waals surface area contributed by atoms with Crippen molar-refractivity contribution in [1.29, 1.82) is 0 Å². The highest BCUT2D eigenvalue weighted by atomic mass is 127. The lowest BCUT2D eigenvalue weighted by molar-refractivity contribution is 0.799. The first-order valence-electron chi connectivity index (χ1n) is 5.28. The molecular formula is C11H18IN3S. The van der Waals surface area contributed by atoms with Gasteiger partial charge < -0.3 is 5.73 Å². The largest absolute Gasteiger partial charge is 0.383 e. The van der Waals surface area contributed by atoms with E-state index < -0.39 is 0 Å². The number of hydrogen-bond acceptors (Lipinski definition) is 4. The lowest BCUT2D eigenvalue weighted by atomic mass is 10.3. The van der Waals surface area contributed by atoms with Gasteiger partial charge in [0.25, 0.3) is 0 Å². The number of rotatable bonds is 3. The zero-order valence-corrected chi connectivity index (χ0v) is 13.1. The van der Waals surface area contributed by atoms with E-state index in [4.69, 9.17) is 5.73 Å². The molecule has 0 bridgehead atoms. The van der Waals surface area contributed by atoms with Crippen molar-refractivity contribution in [2.45, 2.75) is 44.6 Å². The molecule has 1 heterocycles. The van der Waals surface area contributed by atoms with Crippen LogP contribution in [0.3, 0.4) is 0 Å². The smallest absolute Gasteiger partial charge is 0.140 e. The molecule has 0 saturated heterocycles. The van der Waals surface area contributed by atoms with Crippen molar-refractivity contribution in [1.82, 2.24) is 9.97 Å². The van der Waals surface area contributed by atoms with Gasteiger partial charge in [0.2, 0.25) is 0 Å². The number of thioether (sulfide) groups is 1. The van der Waals surface area contributed by atoms with Crippen molar-refractivity contribution in [2.24, 2.45) is 0 Å². The Bertz CT molecular complexity index is 374. The highest BCUT2D eigenvalue weighted by molar-refractivity contribution is 14.1. The summed E-state index contributed by atoms with van der Waals surface area (Å²) in [5.74, 6) is 2.27. The Labute approximate surface area is 115 Å². The zero-order chi connectivity index (χ0) is 12.3. The number of aromatic nitrogens is 2. The summed E-state index contributed by atoms with van der Waals surface area (Å²) in [7, 11) is 0. The van der Waals surface area contributed by atoms with Crippen molar-refractivity contribution in [3.63, 3.8) is 0 Å². The molecule has 1 aromatic rings. The van der Waals surface area contributed by atoms with Gasteiger partial charge in [-0.05, 0) is 29.0 Å². The molecule has 0 aliphatic carbocycles. The predicted molar refractivity (Wildman–Crippen MR) is 79.6 cm³/mol. The maximum absolute atomic E-state index is 5.87. The van der Waals surface area contributed by atoms with Crippen molar-refractivity contribution in [3.05, 3.63) is 15.1 Å². The van der Waals surface area contributed by atoms with Crippen LogP contribution in [0.25, 0.3) is 0 Å². The second kappa shape index (κ2) is 5.53. The highest BCUT2D eigenvalue weighted by Gasteiger charge is 2.14. The van der Waals surface area contributed by atoms with Gasteiger partial charge >= 0.3 is 0 Å². The van der Waals surface area contributed by atoms with Crippen LogP contribution in [-0.2, 0) is 12.2 Å². The number of nitrogen functional groups attached to an aromatic ring is 1. The molecule has 16 heavy (non-hydrogen) atoms. The number of hydrogen-bond donors (Lipinski definition) is 1. The minimum Gasteiger partial charge on any atom is -0.383 e. The fraction of sp³-hybridized carbons (Fsp3) is 0.636. The topological polar surface area (TPSA) is 51.8 Å². The molecular weight excluding hydrogens is 333 g/mol. The second-order valence-electron chi connectivity index (χ2n) is 4.54. The third-order valence-corrected chi connectivity index (χ3v) is 4.40. The molecule has 0 atom stereocenters. The van der Waals surface area contributed by atoms with E-state index in [1.807, 2.05) is 11.8 Å². The minimum absolute atomic E-state index is 0.230. The number of halogens is 1. The Hall–Kier alpha value is -0.0400. The van der Waals surface area contributed by atoms with Crippen LogP contribution in [0.5, 0.6) is 0 Å². The van der Waals surface area contributed by atoms with Gasteiger partial charge in [0.15, 0.2) is 0 Å². The van der Waals surface area contributed by atoms with Gasteiger partial charge in [-0.1, -0.05) is 27.7 Å². The third-order valence-electron chi connectivity index (χ3n) is 1.96. The molecule has 0 aliphatic heterocycles. The number of aryl methyl sites for hydroxylation is 1. The molecule has 0 saturated carbocycles. The van der Waals surface area contributed by atoms with E-state index in [-0.39, 0.29) is 4.75 Å². The van der Waals surface area contributed by atoms with Crippen LogP contribution in [0.1, 0.15) is 39.2 Å². The Kier molecular flexibility index (Phi) is 4.85. The number of nitrogens with zero attached hydrogens (tertiary/aromatic N) is 2. The average molecular weight is 351 g/mol. The molecule has 0 spiro atoms. The van der Waals surface area contributed by atoms with Crippen LogP contribution < -0.4 is 5.73 Å². The molecule has 2 N–H and O–H groups in total. The summed E-state index contributed by atoms with van der Waals surface area (Å²) < 4.78 is 1.22. The van der Waals surface area contributed by atoms with E-state index in [2.05, 4.69) is 60.3 Å². The van der Waals surface area contributed by atoms with Crippen LogP contribution in [0.4, 0.5) is 5.82 Å². The van der Waals surface area contributed by atoms with Gasteiger partial charge in [-0.25, -0.2) is 9.97 Å². The van der Waals surface area contributed by atoms with Crippen LogP contribution >= 0.6 is 34.4 Å². The molecule has 0 unspecified atom stereocenters. The zero-order valence-electron chi connectivity index (χ0n) is 10.2. The fourth-order valence-corrected chi connectivity index (χ4v) is 2.46. The average Bonchev–Trinajstić information content (AvgIpc) is 2.18. The monoisotopic (exact) mass is 351 g/mol. The minimum atomic E-state index is 0.230. The SMILES string of the molecule is CCc1nc(CSC(C)(C)C)nc(N)c1I. The molecule has 3 nitrogen and oxygen atoms in total. The Morgan fingerprint density at radius 3 is 2.44 bits per heavy atom. The fourth-order valence-electron chi connectivity index (χ4n) is 1.15. The van der Waals surface area contributed by atoms with E-state index in [1.54, 1.807) is 0 Å². The molecule has 0 amide bonds. The summed E-state index contributed by atoms with van der Waals surface area (Å²) in [6, 6.07) is 0. The Balaban J connectivity index is 2.86. The van der Waals surface area contributed by atoms with Crippen LogP contribution in [0, 0.1) is 3.57 Å². The maximum Gasteiger partial charge on any atom is 0.140 e. The summed E-state index contributed by atoms with van der Waals surface area (Å²) in [5.41, 5.74) is 6.92. The molecule has 0 radical (unpaired) electrons. The lowest BCUT2D eigenvalue weighted by Gasteiger charge is -2.17. The maximum atomic E-state index is 5.87. The number of anilines is 1. The molecule has 1 rings (SSSR count). The summed E-state index contributed by atoms with van der Waals surface area (Å²) in [6.07, 6.45) is 0.901. The first-order chi connectivity index (χ1) is 7.33. The van der Waals surface area contributed by atoms with Crippen molar-refractivity contribution >= 4 is 40.2 Å². The van der Waals surface area contributed by atoms with E-state index in [1.165, 1.54) is 0 Å². The van der Waals surface area contributed by atoms with Gasteiger partial charge in [-0.2, -0.15) is 0 Å². The van der Waals surface area contributed by atoms with Crippen LogP contribution in [0.2, 0.25) is 0 Å².